The minimum atomic E-state index is -4.83. The molecule has 68 valence electrons. The molecule has 0 spiro atoms. The van der Waals surface area contributed by atoms with E-state index < -0.39 is 13.5 Å². The lowest BCUT2D eigenvalue weighted by Crippen LogP contribution is -2.25. The van der Waals surface area contributed by atoms with E-state index in [0.717, 1.165) is 0 Å². The van der Waals surface area contributed by atoms with Gasteiger partial charge in [-0.25, -0.2) is 5.48 Å². The van der Waals surface area contributed by atoms with Crippen LogP contribution in [0.4, 0.5) is 12.9 Å². The fourth-order valence-electron chi connectivity index (χ4n) is 0.470. The first-order valence-corrected chi connectivity index (χ1v) is 3.22. The van der Waals surface area contributed by atoms with Gasteiger partial charge >= 0.3 is 6.98 Å². The summed E-state index contributed by atoms with van der Waals surface area (Å²) in [5.74, 6) is 0. The Hall–Kier alpha value is -0.265. The summed E-state index contributed by atoms with van der Waals surface area (Å²) in [5, 5.41) is 8.00. The van der Waals surface area contributed by atoms with Crippen LogP contribution in [0.2, 0.25) is 0 Å². The van der Waals surface area contributed by atoms with Crippen LogP contribution in [0.3, 0.4) is 0 Å². The van der Waals surface area contributed by atoms with Crippen molar-refractivity contribution in [2.75, 3.05) is 19.7 Å². The van der Waals surface area contributed by atoms with Crippen LogP contribution in [0.5, 0.6) is 0 Å². The topological polar surface area (TPSA) is 41.5 Å². The van der Waals surface area contributed by atoms with E-state index in [-0.39, 0.29) is 13.2 Å². The Balaban J connectivity index is 3.02. The molecular formula is C4H10BF3NO2-. The Kier molecular flexibility index (Phi) is 5.26. The van der Waals surface area contributed by atoms with E-state index in [0.29, 0.717) is 6.42 Å². The Morgan fingerprint density at radius 1 is 1.36 bits per heavy atom. The van der Waals surface area contributed by atoms with Crippen molar-refractivity contribution in [2.45, 2.75) is 6.42 Å². The van der Waals surface area contributed by atoms with Gasteiger partial charge in [0.1, 0.15) is 0 Å². The van der Waals surface area contributed by atoms with Gasteiger partial charge in [0.25, 0.3) is 0 Å². The number of hydrogen-bond donors (Lipinski definition) is 2. The normalized spacial score (nSPS) is 12.0. The molecule has 11 heavy (non-hydrogen) atoms. The molecule has 0 saturated heterocycles. The Labute approximate surface area is 62.5 Å². The second-order valence-electron chi connectivity index (χ2n) is 2.05. The predicted molar refractivity (Wildman–Crippen MR) is 34.3 cm³/mol. The highest BCUT2D eigenvalue weighted by Crippen LogP contribution is 2.07. The molecular weight excluding hydrogens is 163 g/mol. The summed E-state index contributed by atoms with van der Waals surface area (Å²) in [6, 6.07) is 0. The number of halogens is 3. The first-order valence-electron chi connectivity index (χ1n) is 3.22. The van der Waals surface area contributed by atoms with Gasteiger partial charge < -0.3 is 22.9 Å². The highest BCUT2D eigenvalue weighted by molar-refractivity contribution is 6.58. The largest absolute Gasteiger partial charge is 0.503 e. The van der Waals surface area contributed by atoms with Gasteiger partial charge in [0, 0.05) is 19.7 Å². The lowest BCUT2D eigenvalue weighted by Gasteiger charge is -2.13. The zero-order valence-electron chi connectivity index (χ0n) is 5.90. The van der Waals surface area contributed by atoms with Gasteiger partial charge in [-0.1, -0.05) is 0 Å². The van der Waals surface area contributed by atoms with Crippen LogP contribution in [0, 0.1) is 0 Å². The molecule has 2 N–H and O–H groups in total. The maximum atomic E-state index is 11.4. The van der Waals surface area contributed by atoms with Crippen molar-refractivity contribution in [1.29, 1.82) is 0 Å². The molecule has 0 aliphatic heterocycles. The Morgan fingerprint density at radius 3 is 2.45 bits per heavy atom. The third kappa shape index (κ3) is 9.73. The smallest absolute Gasteiger partial charge is 0.447 e. The molecule has 0 unspecified atom stereocenters. The van der Waals surface area contributed by atoms with Gasteiger partial charge in [0.05, 0.1) is 0 Å². The maximum Gasteiger partial charge on any atom is 0.503 e. The molecule has 0 bridgehead atoms. The van der Waals surface area contributed by atoms with E-state index >= 15 is 0 Å². The van der Waals surface area contributed by atoms with E-state index in [2.05, 4.69) is 4.74 Å². The standard InChI is InChI=1S/C4H10BF3NO2/c6-5(7,8)4-11-3-1-2-9-10/h9-10H,1-4H2/q-1/i1+1. The van der Waals surface area contributed by atoms with E-state index in [1.807, 2.05) is 5.48 Å². The summed E-state index contributed by atoms with van der Waals surface area (Å²) in [5.41, 5.74) is 1.81. The number of hydrogen-bond acceptors (Lipinski definition) is 3. The Morgan fingerprint density at radius 2 is 2.00 bits per heavy atom. The number of ether oxygens (including phenoxy) is 1. The van der Waals surface area contributed by atoms with E-state index in [4.69, 9.17) is 5.21 Å². The van der Waals surface area contributed by atoms with Crippen molar-refractivity contribution < 1.29 is 22.9 Å². The number of nitrogens with one attached hydrogen (secondary N) is 1. The van der Waals surface area contributed by atoms with Gasteiger partial charge in [0.2, 0.25) is 0 Å². The van der Waals surface area contributed by atoms with Crippen molar-refractivity contribution in [2.24, 2.45) is 0 Å². The molecule has 0 aliphatic rings. The molecule has 0 aromatic heterocycles. The summed E-state index contributed by atoms with van der Waals surface area (Å²) in [6.07, 6.45) is 0.364. The number of rotatable bonds is 6. The van der Waals surface area contributed by atoms with Crippen molar-refractivity contribution in [3.05, 3.63) is 0 Å². The summed E-state index contributed by atoms with van der Waals surface area (Å²) in [6.45, 7) is -5.74. The zero-order chi connectivity index (χ0) is 8.74. The van der Waals surface area contributed by atoms with Crippen molar-refractivity contribution >= 4 is 6.98 Å². The van der Waals surface area contributed by atoms with Gasteiger partial charge in [-0.05, 0) is 6.42 Å². The van der Waals surface area contributed by atoms with E-state index in [1.54, 1.807) is 0 Å². The molecule has 0 aromatic rings. The van der Waals surface area contributed by atoms with Crippen LogP contribution in [0.15, 0.2) is 0 Å². The molecule has 0 amide bonds. The molecule has 0 rings (SSSR count). The van der Waals surface area contributed by atoms with Gasteiger partial charge in [-0.2, -0.15) is 0 Å². The molecule has 0 saturated carbocycles. The first kappa shape index (κ1) is 10.7. The molecule has 0 radical (unpaired) electrons. The SMILES string of the molecule is ONC[13CH2]COC[B-](F)(F)F. The molecule has 0 heterocycles. The van der Waals surface area contributed by atoms with Crippen molar-refractivity contribution in [3.8, 4) is 0 Å². The van der Waals surface area contributed by atoms with Gasteiger partial charge in [-0.15, -0.1) is 0 Å². The second-order valence-corrected chi connectivity index (χ2v) is 2.05. The summed E-state index contributed by atoms with van der Waals surface area (Å²) in [4.78, 5) is 0. The molecule has 0 atom stereocenters. The second kappa shape index (κ2) is 5.39. The van der Waals surface area contributed by atoms with Crippen LogP contribution in [0.25, 0.3) is 0 Å². The summed E-state index contributed by atoms with van der Waals surface area (Å²) >= 11 is 0. The third-order valence-corrected chi connectivity index (χ3v) is 0.884. The minimum Gasteiger partial charge on any atom is -0.447 e. The average molecular weight is 173 g/mol. The lowest BCUT2D eigenvalue weighted by molar-refractivity contribution is 0.122. The molecule has 0 aromatic carbocycles. The van der Waals surface area contributed by atoms with Crippen LogP contribution < -0.4 is 5.48 Å². The first-order chi connectivity index (χ1) is 5.06. The maximum absolute atomic E-state index is 11.4. The van der Waals surface area contributed by atoms with Crippen LogP contribution in [-0.4, -0.2) is 31.8 Å². The quantitative estimate of drug-likeness (QED) is 0.269. The zero-order valence-corrected chi connectivity index (χ0v) is 5.90. The monoisotopic (exact) mass is 173 g/mol. The van der Waals surface area contributed by atoms with E-state index in [9.17, 15) is 12.9 Å². The van der Waals surface area contributed by atoms with Crippen LogP contribution in [0.1, 0.15) is 6.42 Å². The van der Waals surface area contributed by atoms with Crippen LogP contribution >= 0.6 is 0 Å². The average Bonchev–Trinajstić information content (AvgIpc) is 1.85. The fourth-order valence-corrected chi connectivity index (χ4v) is 0.470. The third-order valence-electron chi connectivity index (χ3n) is 0.884. The summed E-state index contributed by atoms with van der Waals surface area (Å²) in [7, 11) is 0. The Bertz CT molecular complexity index is 99.8. The molecule has 3 nitrogen and oxygen atoms in total. The number of hydroxylamine groups is 1. The highest BCUT2D eigenvalue weighted by atomic mass is 19.4. The molecule has 7 heteroatoms. The predicted octanol–water partition coefficient (Wildman–Crippen LogP) is 0.758. The minimum absolute atomic E-state index is 0.00875. The fraction of sp³-hybridized carbons (Fsp3) is 1.00. The molecule has 0 aliphatic carbocycles. The molecule has 0 fully saturated rings. The van der Waals surface area contributed by atoms with E-state index in [1.165, 1.54) is 0 Å². The summed E-state index contributed by atoms with van der Waals surface area (Å²) < 4.78 is 38.6. The van der Waals surface area contributed by atoms with Crippen molar-refractivity contribution in [3.63, 3.8) is 0 Å². The van der Waals surface area contributed by atoms with Crippen molar-refractivity contribution in [1.82, 2.24) is 5.48 Å². The van der Waals surface area contributed by atoms with Crippen LogP contribution in [-0.2, 0) is 4.74 Å². The lowest BCUT2D eigenvalue weighted by atomic mass is 9.95. The van der Waals surface area contributed by atoms with Gasteiger partial charge in [-0.3, -0.25) is 0 Å². The van der Waals surface area contributed by atoms with Gasteiger partial charge in [0.15, 0.2) is 0 Å². The highest BCUT2D eigenvalue weighted by Gasteiger charge is 2.22.